The number of aliphatic hydroxyl groups excluding tert-OH is 3. The Bertz CT molecular complexity index is 604. The third-order valence-corrected chi connectivity index (χ3v) is 5.11. The summed E-state index contributed by atoms with van der Waals surface area (Å²) < 4.78 is 39.7. The number of halogens is 3. The molecule has 6 nitrogen and oxygen atoms in total. The van der Waals surface area contributed by atoms with Crippen LogP contribution in [0.15, 0.2) is 18.3 Å². The van der Waals surface area contributed by atoms with Crippen molar-refractivity contribution in [2.45, 2.75) is 37.3 Å². The van der Waals surface area contributed by atoms with Crippen molar-refractivity contribution in [1.82, 2.24) is 9.88 Å². The van der Waals surface area contributed by atoms with Gasteiger partial charge in [-0.15, -0.1) is 0 Å². The molecule has 3 N–H and O–H groups in total. The fourth-order valence-electron chi connectivity index (χ4n) is 3.87. The molecule has 0 unspecified atom stereocenters. The van der Waals surface area contributed by atoms with Crippen LogP contribution < -0.4 is 4.90 Å². The van der Waals surface area contributed by atoms with Crippen molar-refractivity contribution in [2.24, 2.45) is 5.92 Å². The van der Waals surface area contributed by atoms with E-state index in [1.54, 1.807) is 4.90 Å². The SMILES string of the molecule is O[C@H]1[C@H](O)CN(C[C@@H]2CCCN(c3ncccc3C(F)(F)F)C2)C[C@@H]1O. The van der Waals surface area contributed by atoms with Gasteiger partial charge in [-0.05, 0) is 30.9 Å². The Morgan fingerprint density at radius 3 is 2.46 bits per heavy atom. The van der Waals surface area contributed by atoms with Crippen LogP contribution in [0.3, 0.4) is 0 Å². The first kappa shape index (κ1) is 19.3. The van der Waals surface area contributed by atoms with Crippen LogP contribution in [0.5, 0.6) is 0 Å². The molecule has 3 rings (SSSR count). The lowest BCUT2D eigenvalue weighted by atomic mass is 9.94. The molecule has 9 heteroatoms. The van der Waals surface area contributed by atoms with E-state index in [2.05, 4.69) is 4.98 Å². The van der Waals surface area contributed by atoms with Crippen molar-refractivity contribution in [2.75, 3.05) is 37.6 Å². The van der Waals surface area contributed by atoms with Gasteiger partial charge in [0.15, 0.2) is 0 Å². The first-order valence-corrected chi connectivity index (χ1v) is 8.79. The summed E-state index contributed by atoms with van der Waals surface area (Å²) in [6.45, 7) is 1.98. The molecule has 0 aliphatic carbocycles. The zero-order chi connectivity index (χ0) is 18.9. The van der Waals surface area contributed by atoms with Gasteiger partial charge in [0.2, 0.25) is 0 Å². The van der Waals surface area contributed by atoms with Crippen LogP contribution in [0.4, 0.5) is 19.0 Å². The van der Waals surface area contributed by atoms with E-state index in [1.165, 1.54) is 12.3 Å². The van der Waals surface area contributed by atoms with Crippen molar-refractivity contribution >= 4 is 5.82 Å². The lowest BCUT2D eigenvalue weighted by molar-refractivity contribution is -0.137. The molecule has 0 aromatic carbocycles. The normalized spacial score (nSPS) is 31.2. The van der Waals surface area contributed by atoms with E-state index in [0.29, 0.717) is 19.6 Å². The molecular formula is C17H24F3N3O3. The Labute approximate surface area is 149 Å². The second-order valence-electron chi connectivity index (χ2n) is 7.17. The molecule has 26 heavy (non-hydrogen) atoms. The highest BCUT2D eigenvalue weighted by molar-refractivity contribution is 5.48. The fourth-order valence-corrected chi connectivity index (χ4v) is 3.87. The van der Waals surface area contributed by atoms with Gasteiger partial charge in [-0.2, -0.15) is 13.2 Å². The molecule has 2 fully saturated rings. The minimum atomic E-state index is -4.45. The Balaban J connectivity index is 1.67. The van der Waals surface area contributed by atoms with Gasteiger partial charge < -0.3 is 20.2 Å². The van der Waals surface area contributed by atoms with E-state index in [1.807, 2.05) is 4.90 Å². The maximum atomic E-state index is 13.2. The summed E-state index contributed by atoms with van der Waals surface area (Å²) in [5.74, 6) is 0.0559. The molecule has 1 aromatic rings. The fraction of sp³-hybridized carbons (Fsp3) is 0.706. The van der Waals surface area contributed by atoms with Crippen LogP contribution in [0.1, 0.15) is 18.4 Å². The second kappa shape index (κ2) is 7.67. The molecular weight excluding hydrogens is 351 g/mol. The number of pyridine rings is 1. The van der Waals surface area contributed by atoms with Crippen LogP contribution >= 0.6 is 0 Å². The van der Waals surface area contributed by atoms with Crippen LogP contribution in [0, 0.1) is 5.92 Å². The van der Waals surface area contributed by atoms with Crippen LogP contribution in [0.2, 0.25) is 0 Å². The van der Waals surface area contributed by atoms with Crippen molar-refractivity contribution < 1.29 is 28.5 Å². The summed E-state index contributed by atoms with van der Waals surface area (Å²) in [5, 5.41) is 29.2. The number of aromatic nitrogens is 1. The average molecular weight is 375 g/mol. The number of β-amino-alcohol motifs (C(OH)–C–C–N with tert-alkyl or cyclic N) is 2. The van der Waals surface area contributed by atoms with E-state index < -0.39 is 30.1 Å². The maximum absolute atomic E-state index is 13.2. The van der Waals surface area contributed by atoms with Gasteiger partial charge in [-0.25, -0.2) is 4.98 Å². The van der Waals surface area contributed by atoms with E-state index in [-0.39, 0.29) is 24.8 Å². The molecule has 146 valence electrons. The first-order chi connectivity index (χ1) is 12.3. The third kappa shape index (κ3) is 4.28. The van der Waals surface area contributed by atoms with Crippen LogP contribution in [-0.2, 0) is 6.18 Å². The molecule has 1 aromatic heterocycles. The van der Waals surface area contributed by atoms with Gasteiger partial charge >= 0.3 is 6.18 Å². The van der Waals surface area contributed by atoms with Gasteiger partial charge in [0.05, 0.1) is 17.8 Å². The highest BCUT2D eigenvalue weighted by atomic mass is 19.4. The first-order valence-electron chi connectivity index (χ1n) is 8.79. The molecule has 3 heterocycles. The largest absolute Gasteiger partial charge is 0.419 e. The van der Waals surface area contributed by atoms with Crippen molar-refractivity contribution in [3.8, 4) is 0 Å². The topological polar surface area (TPSA) is 80.1 Å². The minimum Gasteiger partial charge on any atom is -0.389 e. The van der Waals surface area contributed by atoms with Gasteiger partial charge in [-0.3, -0.25) is 4.90 Å². The van der Waals surface area contributed by atoms with E-state index in [4.69, 9.17) is 0 Å². The predicted molar refractivity (Wildman–Crippen MR) is 88.6 cm³/mol. The summed E-state index contributed by atoms with van der Waals surface area (Å²) in [6.07, 6.45) is -4.68. The summed E-state index contributed by atoms with van der Waals surface area (Å²) in [7, 11) is 0. The quantitative estimate of drug-likeness (QED) is 0.722. The Kier molecular flexibility index (Phi) is 5.71. The lowest BCUT2D eigenvalue weighted by Crippen LogP contribution is -2.56. The summed E-state index contributed by atoms with van der Waals surface area (Å²) in [4.78, 5) is 7.49. The number of hydrogen-bond acceptors (Lipinski definition) is 6. The number of hydrogen-bond donors (Lipinski definition) is 3. The van der Waals surface area contributed by atoms with Gasteiger partial charge in [-0.1, -0.05) is 0 Å². The number of piperidine rings is 2. The van der Waals surface area contributed by atoms with Gasteiger partial charge in [0.25, 0.3) is 0 Å². The third-order valence-electron chi connectivity index (χ3n) is 5.11. The molecule has 0 spiro atoms. The van der Waals surface area contributed by atoms with Crippen LogP contribution in [0.25, 0.3) is 0 Å². The smallest absolute Gasteiger partial charge is 0.389 e. The van der Waals surface area contributed by atoms with Gasteiger partial charge in [0, 0.05) is 38.9 Å². The Hall–Kier alpha value is -1.42. The van der Waals surface area contributed by atoms with Crippen molar-refractivity contribution in [3.63, 3.8) is 0 Å². The number of alkyl halides is 3. The molecule has 4 atom stereocenters. The number of nitrogens with zero attached hydrogens (tertiary/aromatic N) is 3. The number of anilines is 1. The maximum Gasteiger partial charge on any atom is 0.419 e. The lowest BCUT2D eigenvalue weighted by Gasteiger charge is -2.41. The molecule has 0 radical (unpaired) electrons. The van der Waals surface area contributed by atoms with E-state index >= 15 is 0 Å². The number of likely N-dealkylation sites (tertiary alicyclic amines) is 1. The highest BCUT2D eigenvalue weighted by Gasteiger charge is 2.38. The zero-order valence-electron chi connectivity index (χ0n) is 14.3. The monoisotopic (exact) mass is 375 g/mol. The Morgan fingerprint density at radius 2 is 1.81 bits per heavy atom. The summed E-state index contributed by atoms with van der Waals surface area (Å²) >= 11 is 0. The molecule has 0 amide bonds. The molecule has 2 saturated heterocycles. The van der Waals surface area contributed by atoms with Gasteiger partial charge in [0.1, 0.15) is 11.9 Å². The number of rotatable bonds is 3. The second-order valence-corrected chi connectivity index (χ2v) is 7.17. The highest BCUT2D eigenvalue weighted by Crippen LogP contribution is 2.36. The summed E-state index contributed by atoms with van der Waals surface area (Å²) in [5.41, 5.74) is -0.729. The molecule has 2 aliphatic rings. The van der Waals surface area contributed by atoms with Crippen molar-refractivity contribution in [1.29, 1.82) is 0 Å². The average Bonchev–Trinajstić information content (AvgIpc) is 2.59. The molecule has 0 saturated carbocycles. The van der Waals surface area contributed by atoms with E-state index in [9.17, 15) is 28.5 Å². The zero-order valence-corrected chi connectivity index (χ0v) is 14.3. The molecule has 0 bridgehead atoms. The summed E-state index contributed by atoms with van der Waals surface area (Å²) in [6, 6.07) is 2.33. The van der Waals surface area contributed by atoms with E-state index in [0.717, 1.165) is 18.9 Å². The van der Waals surface area contributed by atoms with Crippen LogP contribution in [-0.4, -0.2) is 76.2 Å². The predicted octanol–water partition coefficient (Wildman–Crippen LogP) is 0.715. The minimum absolute atomic E-state index is 0.0427. The molecule has 2 aliphatic heterocycles. The Morgan fingerprint density at radius 1 is 1.12 bits per heavy atom. The number of aliphatic hydroxyl groups is 3. The standard InChI is InChI=1S/C17H24F3N3O3/c18-17(19,20)12-4-1-5-21-16(12)23-6-2-3-11(8-23)7-22-9-13(24)15(26)14(25)10-22/h1,4-5,11,13-15,24-26H,2-3,6-10H2/t11-,13-,14+,15+/m0/s1. The van der Waals surface area contributed by atoms with Crippen molar-refractivity contribution in [3.05, 3.63) is 23.9 Å².